The van der Waals surface area contributed by atoms with Crippen molar-refractivity contribution in [3.05, 3.63) is 101 Å². The first-order valence-corrected chi connectivity index (χ1v) is 11.5. The fourth-order valence-corrected chi connectivity index (χ4v) is 3.97. The molecule has 0 saturated carbocycles. The zero-order chi connectivity index (χ0) is 25.7. The van der Waals surface area contributed by atoms with E-state index in [0.29, 0.717) is 33.3 Å². The highest BCUT2D eigenvalue weighted by molar-refractivity contribution is 6.30. The summed E-state index contributed by atoms with van der Waals surface area (Å²) >= 11 is 5.97. The van der Waals surface area contributed by atoms with Crippen molar-refractivity contribution < 1.29 is 23.8 Å². The molecule has 36 heavy (non-hydrogen) atoms. The van der Waals surface area contributed by atoms with Gasteiger partial charge in [-0.05, 0) is 60.2 Å². The number of hydrogen-bond donors (Lipinski definition) is 2. The van der Waals surface area contributed by atoms with E-state index in [1.54, 1.807) is 60.3 Å². The summed E-state index contributed by atoms with van der Waals surface area (Å²) in [7, 11) is 1.57. The lowest BCUT2D eigenvalue weighted by Crippen LogP contribution is -2.33. The Morgan fingerprint density at radius 2 is 1.83 bits per heavy atom. The van der Waals surface area contributed by atoms with E-state index in [1.807, 2.05) is 12.1 Å². The molecular weight excluding hydrogens is 485 g/mol. The predicted molar refractivity (Wildman–Crippen MR) is 134 cm³/mol. The van der Waals surface area contributed by atoms with Crippen LogP contribution < -0.4 is 10.1 Å². The number of halogens is 2. The SMILES string of the molecule is COc1ccc(-n2nc(CCC(=O)NC(C(=O)O)c3cccc(Cl)c3)cc2-c2cccc(F)c2)cc1. The van der Waals surface area contributed by atoms with E-state index in [4.69, 9.17) is 16.3 Å². The maximum atomic E-state index is 13.9. The number of nitrogens with zero attached hydrogens (tertiary/aromatic N) is 2. The quantitative estimate of drug-likeness (QED) is 0.324. The Balaban J connectivity index is 1.55. The second kappa shape index (κ2) is 11.0. The number of hydrogen-bond acceptors (Lipinski definition) is 4. The van der Waals surface area contributed by atoms with Crippen LogP contribution in [0.1, 0.15) is 23.7 Å². The van der Waals surface area contributed by atoms with E-state index in [0.717, 1.165) is 5.69 Å². The third-order valence-electron chi connectivity index (χ3n) is 5.54. The number of carbonyl (C=O) groups is 2. The summed E-state index contributed by atoms with van der Waals surface area (Å²) in [5, 5.41) is 17.1. The van der Waals surface area contributed by atoms with Gasteiger partial charge in [0.2, 0.25) is 5.91 Å². The van der Waals surface area contributed by atoms with Crippen molar-refractivity contribution >= 4 is 23.5 Å². The number of benzene rings is 3. The topological polar surface area (TPSA) is 93.5 Å². The highest BCUT2D eigenvalue weighted by Gasteiger charge is 2.22. The average molecular weight is 508 g/mol. The highest BCUT2D eigenvalue weighted by atomic mass is 35.5. The standard InChI is InChI=1S/C27H23ClFN3O4/c1-36-23-11-9-22(10-12-23)32-24(17-4-3-7-20(29)15-17)16-21(31-32)8-13-25(33)30-26(27(34)35)18-5-2-6-19(28)14-18/h2-7,9-12,14-16,26H,8,13H2,1H3,(H,30,33)(H,34,35). The van der Waals surface area contributed by atoms with Crippen LogP contribution in [0.15, 0.2) is 78.9 Å². The Morgan fingerprint density at radius 3 is 2.50 bits per heavy atom. The molecule has 0 saturated heterocycles. The van der Waals surface area contributed by atoms with Crippen LogP contribution in [0.2, 0.25) is 5.02 Å². The minimum atomic E-state index is -1.23. The molecule has 0 aliphatic heterocycles. The lowest BCUT2D eigenvalue weighted by molar-refractivity contribution is -0.142. The minimum absolute atomic E-state index is 0.00651. The van der Waals surface area contributed by atoms with Crippen molar-refractivity contribution in [3.8, 4) is 22.7 Å². The second-order valence-electron chi connectivity index (χ2n) is 8.03. The van der Waals surface area contributed by atoms with Gasteiger partial charge in [-0.1, -0.05) is 35.9 Å². The maximum Gasteiger partial charge on any atom is 0.330 e. The predicted octanol–water partition coefficient (Wildman–Crippen LogP) is 5.22. The van der Waals surface area contributed by atoms with Crippen molar-refractivity contribution in [2.75, 3.05) is 7.11 Å². The zero-order valence-electron chi connectivity index (χ0n) is 19.3. The summed E-state index contributed by atoms with van der Waals surface area (Å²) in [6.07, 6.45) is 0.256. The van der Waals surface area contributed by atoms with Crippen molar-refractivity contribution in [1.82, 2.24) is 15.1 Å². The van der Waals surface area contributed by atoms with Crippen LogP contribution in [0.3, 0.4) is 0 Å². The van der Waals surface area contributed by atoms with Gasteiger partial charge in [0.1, 0.15) is 11.6 Å². The normalized spacial score (nSPS) is 11.6. The molecular formula is C27H23ClFN3O4. The first kappa shape index (κ1) is 24.9. The fourth-order valence-electron chi connectivity index (χ4n) is 3.77. The largest absolute Gasteiger partial charge is 0.497 e. The summed E-state index contributed by atoms with van der Waals surface area (Å²) in [5.41, 5.74) is 2.98. The molecule has 1 heterocycles. The summed E-state index contributed by atoms with van der Waals surface area (Å²) in [6.45, 7) is 0. The Kier molecular flexibility index (Phi) is 7.65. The van der Waals surface area contributed by atoms with E-state index >= 15 is 0 Å². The Labute approximate surface area is 212 Å². The number of carboxylic acids is 1. The van der Waals surface area contributed by atoms with E-state index in [1.165, 1.54) is 18.2 Å². The van der Waals surface area contributed by atoms with Gasteiger partial charge in [-0.25, -0.2) is 13.9 Å². The van der Waals surface area contributed by atoms with Gasteiger partial charge < -0.3 is 15.2 Å². The van der Waals surface area contributed by atoms with E-state index < -0.39 is 17.9 Å². The van der Waals surface area contributed by atoms with E-state index in [9.17, 15) is 19.1 Å². The molecule has 7 nitrogen and oxygen atoms in total. The molecule has 1 aromatic heterocycles. The maximum absolute atomic E-state index is 13.9. The number of ether oxygens (including phenoxy) is 1. The van der Waals surface area contributed by atoms with Gasteiger partial charge in [-0.2, -0.15) is 5.10 Å². The Bertz CT molecular complexity index is 1390. The minimum Gasteiger partial charge on any atom is -0.497 e. The Morgan fingerprint density at radius 1 is 1.08 bits per heavy atom. The molecule has 4 aromatic rings. The van der Waals surface area contributed by atoms with Crippen molar-refractivity contribution in [1.29, 1.82) is 0 Å². The van der Waals surface area contributed by atoms with Gasteiger partial charge in [0, 0.05) is 23.4 Å². The molecule has 4 rings (SSSR count). The number of rotatable bonds is 9. The number of amides is 1. The second-order valence-corrected chi connectivity index (χ2v) is 8.47. The number of aromatic nitrogens is 2. The molecule has 2 N–H and O–H groups in total. The van der Waals surface area contributed by atoms with Crippen LogP contribution >= 0.6 is 11.6 Å². The molecule has 0 fully saturated rings. The monoisotopic (exact) mass is 507 g/mol. The molecule has 1 unspecified atom stereocenters. The first-order valence-electron chi connectivity index (χ1n) is 11.1. The van der Waals surface area contributed by atoms with Crippen molar-refractivity contribution in [2.45, 2.75) is 18.9 Å². The van der Waals surface area contributed by atoms with Gasteiger partial charge >= 0.3 is 5.97 Å². The van der Waals surface area contributed by atoms with E-state index in [2.05, 4.69) is 10.4 Å². The lowest BCUT2D eigenvalue weighted by Gasteiger charge is -2.15. The number of aryl methyl sites for hydroxylation is 1. The van der Waals surface area contributed by atoms with Crippen LogP contribution in [-0.2, 0) is 16.0 Å². The van der Waals surface area contributed by atoms with Crippen LogP contribution in [-0.4, -0.2) is 33.9 Å². The first-order chi connectivity index (χ1) is 17.3. The molecule has 0 aliphatic carbocycles. The number of carbonyl (C=O) groups excluding carboxylic acids is 1. The smallest absolute Gasteiger partial charge is 0.330 e. The van der Waals surface area contributed by atoms with Gasteiger partial charge in [0.15, 0.2) is 6.04 Å². The Hall–Kier alpha value is -4.17. The number of nitrogens with one attached hydrogen (secondary N) is 1. The van der Waals surface area contributed by atoms with Gasteiger partial charge in [0.25, 0.3) is 0 Å². The lowest BCUT2D eigenvalue weighted by atomic mass is 10.1. The number of methoxy groups -OCH3 is 1. The van der Waals surface area contributed by atoms with Gasteiger partial charge in [0.05, 0.1) is 24.2 Å². The third-order valence-corrected chi connectivity index (χ3v) is 5.77. The van der Waals surface area contributed by atoms with Crippen molar-refractivity contribution in [3.63, 3.8) is 0 Å². The summed E-state index contributed by atoms with van der Waals surface area (Å²) in [6, 6.07) is 20.3. The van der Waals surface area contributed by atoms with Crippen LogP contribution in [0.4, 0.5) is 4.39 Å². The third kappa shape index (κ3) is 5.90. The van der Waals surface area contributed by atoms with Crippen LogP contribution in [0.5, 0.6) is 5.75 Å². The fraction of sp³-hybridized carbons (Fsp3) is 0.148. The molecule has 0 spiro atoms. The molecule has 9 heteroatoms. The van der Waals surface area contributed by atoms with Crippen molar-refractivity contribution in [2.24, 2.45) is 0 Å². The molecule has 0 bridgehead atoms. The molecule has 0 radical (unpaired) electrons. The number of aliphatic carboxylic acids is 1. The summed E-state index contributed by atoms with van der Waals surface area (Å²) in [5.74, 6) is -1.34. The highest BCUT2D eigenvalue weighted by Crippen LogP contribution is 2.26. The summed E-state index contributed by atoms with van der Waals surface area (Å²) < 4.78 is 20.8. The molecule has 0 aliphatic rings. The zero-order valence-corrected chi connectivity index (χ0v) is 20.1. The molecule has 3 aromatic carbocycles. The molecule has 184 valence electrons. The number of carboxylic acid groups (broad SMARTS) is 1. The van der Waals surface area contributed by atoms with Gasteiger partial charge in [-0.3, -0.25) is 4.79 Å². The molecule has 1 atom stereocenters. The van der Waals surface area contributed by atoms with Gasteiger partial charge in [-0.15, -0.1) is 0 Å². The molecule has 1 amide bonds. The van der Waals surface area contributed by atoms with Crippen LogP contribution in [0, 0.1) is 5.82 Å². The van der Waals surface area contributed by atoms with Crippen LogP contribution in [0.25, 0.3) is 16.9 Å². The van der Waals surface area contributed by atoms with E-state index in [-0.39, 0.29) is 18.7 Å². The summed E-state index contributed by atoms with van der Waals surface area (Å²) in [4.78, 5) is 24.4. The average Bonchev–Trinajstić information content (AvgIpc) is 3.30.